The molecule has 3 rings (SSSR count). The zero-order valence-electron chi connectivity index (χ0n) is 18.9. The number of nitrogens with zero attached hydrogens (tertiary/aromatic N) is 2. The molecular weight excluding hydrogens is 458 g/mol. The molecule has 1 aromatic heterocycles. The Bertz CT molecular complexity index is 1120. The van der Waals surface area contributed by atoms with Crippen LogP contribution in [0.15, 0.2) is 36.5 Å². The summed E-state index contributed by atoms with van der Waals surface area (Å²) in [6.45, 7) is 0.501. The SMILES string of the molecule is [B]C([B])(NC([B])([B])C1(F)C([B])([B])CN(C(=O)c2ccc(F)c(Cl)c2)CC1([B])[B])c1ccc(C)cn1. The second-order valence-corrected chi connectivity index (χ2v) is 9.52. The second-order valence-electron chi connectivity index (χ2n) is 9.11. The van der Waals surface area contributed by atoms with Gasteiger partial charge in [-0.25, -0.2) is 8.78 Å². The highest BCUT2D eigenvalue weighted by Gasteiger charge is 2.65. The van der Waals surface area contributed by atoms with Crippen molar-refractivity contribution in [1.29, 1.82) is 0 Å². The van der Waals surface area contributed by atoms with Gasteiger partial charge in [0.2, 0.25) is 0 Å². The lowest BCUT2D eigenvalue weighted by atomic mass is 9.24. The molecule has 1 saturated heterocycles. The lowest BCUT2D eigenvalue weighted by Crippen LogP contribution is -2.79. The lowest BCUT2D eigenvalue weighted by Gasteiger charge is -2.66. The summed E-state index contributed by atoms with van der Waals surface area (Å²) in [6, 6.07) is 6.40. The average Bonchev–Trinajstić information content (AvgIpc) is 2.72. The first-order chi connectivity index (χ1) is 15.8. The number of rotatable bonds is 5. The molecule has 1 fully saturated rings. The summed E-state index contributed by atoms with van der Waals surface area (Å²) in [5, 5.41) is -7.78. The van der Waals surface area contributed by atoms with E-state index in [2.05, 4.69) is 10.3 Å². The minimum atomic E-state index is -3.21. The first kappa shape index (κ1) is 28.0. The summed E-state index contributed by atoms with van der Waals surface area (Å²) < 4.78 is 30.3. The number of hydrogen-bond acceptors (Lipinski definition) is 3. The molecular formula is C20H14B8ClF2N3O. The van der Waals surface area contributed by atoms with Gasteiger partial charge in [0.05, 0.1) is 73.5 Å². The van der Waals surface area contributed by atoms with Crippen molar-refractivity contribution < 1.29 is 13.6 Å². The Labute approximate surface area is 219 Å². The van der Waals surface area contributed by atoms with Crippen molar-refractivity contribution in [2.75, 3.05) is 13.1 Å². The molecule has 2 aromatic rings. The van der Waals surface area contributed by atoms with Gasteiger partial charge in [-0.1, -0.05) is 17.7 Å². The molecule has 160 valence electrons. The highest BCUT2D eigenvalue weighted by atomic mass is 35.5. The van der Waals surface area contributed by atoms with Crippen LogP contribution in [0, 0.1) is 12.7 Å². The third-order valence-corrected chi connectivity index (χ3v) is 6.25. The Kier molecular flexibility index (Phi) is 7.29. The van der Waals surface area contributed by atoms with E-state index in [0.717, 1.165) is 22.6 Å². The standard InChI is InChI=1S/C20H14B8ClF2N3O/c1-10-2-5-14(32-7-10)18(25,26)33-20(27,28)19(31)16(21,22)8-34(9-17(19,23)24)15(35)11-3-4-13(30)12(29)6-11/h2-7,33H,8-9H2,1H3. The van der Waals surface area contributed by atoms with Gasteiger partial charge in [0.1, 0.15) is 5.82 Å². The van der Waals surface area contributed by atoms with Gasteiger partial charge >= 0.3 is 0 Å². The maximum Gasteiger partial charge on any atom is 0.253 e. The Hall–Kier alpha value is -1.53. The summed E-state index contributed by atoms with van der Waals surface area (Å²) in [4.78, 5) is 18.1. The molecule has 0 atom stereocenters. The van der Waals surface area contributed by atoms with Crippen LogP contribution in [-0.4, -0.2) is 103 Å². The van der Waals surface area contributed by atoms with E-state index in [4.69, 9.17) is 74.4 Å². The number of carbonyl (C=O) groups excluding carboxylic acids is 1. The third kappa shape index (κ3) is 4.90. The van der Waals surface area contributed by atoms with Gasteiger partial charge in [-0.15, -0.1) is 0 Å². The van der Waals surface area contributed by atoms with Crippen molar-refractivity contribution in [2.24, 2.45) is 0 Å². The van der Waals surface area contributed by atoms with Gasteiger partial charge in [-0.3, -0.25) is 9.78 Å². The predicted octanol–water partition coefficient (Wildman–Crippen LogP) is -0.0191. The molecule has 4 nitrogen and oxygen atoms in total. The smallest absolute Gasteiger partial charge is 0.253 e. The van der Waals surface area contributed by atoms with E-state index >= 15 is 4.39 Å². The molecule has 0 spiro atoms. The van der Waals surface area contributed by atoms with E-state index in [9.17, 15) is 9.18 Å². The zero-order valence-corrected chi connectivity index (χ0v) is 19.7. The molecule has 0 saturated carbocycles. The fourth-order valence-electron chi connectivity index (χ4n) is 4.27. The number of piperidine rings is 1. The van der Waals surface area contributed by atoms with Crippen LogP contribution >= 0.6 is 11.6 Å². The number of benzene rings is 1. The fourth-order valence-corrected chi connectivity index (χ4v) is 4.45. The molecule has 1 aromatic carbocycles. The van der Waals surface area contributed by atoms with Gasteiger partial charge in [0.25, 0.3) is 5.91 Å². The molecule has 15 heteroatoms. The molecule has 0 aliphatic carbocycles. The second kappa shape index (κ2) is 9.09. The average molecular weight is 472 g/mol. The Morgan fingerprint density at radius 2 is 1.66 bits per heavy atom. The molecule has 1 aliphatic rings. The molecule has 1 aliphatic heterocycles. The molecule has 1 N–H and O–H groups in total. The van der Waals surface area contributed by atoms with E-state index < -0.39 is 51.6 Å². The number of alkyl halides is 1. The monoisotopic (exact) mass is 473 g/mol. The number of amides is 1. The maximum atomic E-state index is 16.8. The van der Waals surface area contributed by atoms with Crippen molar-refractivity contribution in [3.8, 4) is 0 Å². The van der Waals surface area contributed by atoms with Crippen LogP contribution in [-0.2, 0) is 5.34 Å². The number of halogens is 3. The van der Waals surface area contributed by atoms with Crippen LogP contribution in [0.4, 0.5) is 8.78 Å². The number of carbonyl (C=O) groups is 1. The number of aryl methyl sites for hydroxylation is 1. The van der Waals surface area contributed by atoms with Crippen LogP contribution in [0.2, 0.25) is 15.5 Å². The minimum Gasteiger partial charge on any atom is -0.340 e. The van der Waals surface area contributed by atoms with Gasteiger partial charge in [-0.2, -0.15) is 0 Å². The Morgan fingerprint density at radius 1 is 1.09 bits per heavy atom. The normalized spacial score (nSPS) is 19.3. The van der Waals surface area contributed by atoms with Crippen molar-refractivity contribution in [3.05, 3.63) is 64.2 Å². The number of nitrogens with one attached hydrogen (secondary N) is 1. The van der Waals surface area contributed by atoms with Crippen LogP contribution in [0.1, 0.15) is 21.6 Å². The summed E-state index contributed by atoms with van der Waals surface area (Å²) in [6.07, 6.45) is 1.48. The van der Waals surface area contributed by atoms with Crippen molar-refractivity contribution in [3.63, 3.8) is 0 Å². The lowest BCUT2D eigenvalue weighted by molar-refractivity contribution is 0.00532. The zero-order chi connectivity index (χ0) is 26.6. The first-order valence-electron chi connectivity index (χ1n) is 10.3. The van der Waals surface area contributed by atoms with E-state index in [1.165, 1.54) is 18.3 Å². The number of hydrogen-bond donors (Lipinski definition) is 1. The Morgan fingerprint density at radius 3 is 2.14 bits per heavy atom. The molecule has 16 radical (unpaired) electrons. The van der Waals surface area contributed by atoms with Crippen molar-refractivity contribution >= 4 is 80.3 Å². The maximum absolute atomic E-state index is 16.8. The van der Waals surface area contributed by atoms with Gasteiger partial charge in [0.15, 0.2) is 0 Å². The number of pyridine rings is 1. The highest BCUT2D eigenvalue weighted by Crippen LogP contribution is 2.58. The predicted molar refractivity (Wildman–Crippen MR) is 139 cm³/mol. The fraction of sp³-hybridized carbons (Fsp3) is 0.400. The summed E-state index contributed by atoms with van der Waals surface area (Å²) in [5.74, 6) is -1.47. The topological polar surface area (TPSA) is 45.2 Å². The van der Waals surface area contributed by atoms with Crippen LogP contribution in [0.25, 0.3) is 0 Å². The number of aromatic nitrogens is 1. The van der Waals surface area contributed by atoms with Gasteiger partial charge < -0.3 is 10.2 Å². The van der Waals surface area contributed by atoms with Crippen LogP contribution < -0.4 is 5.32 Å². The molecule has 1 amide bonds. The van der Waals surface area contributed by atoms with Crippen LogP contribution in [0.5, 0.6) is 0 Å². The first-order valence-corrected chi connectivity index (χ1v) is 10.7. The van der Waals surface area contributed by atoms with E-state index in [1.54, 1.807) is 13.0 Å². The summed E-state index contributed by atoms with van der Waals surface area (Å²) in [7, 11) is 48.9. The van der Waals surface area contributed by atoms with Gasteiger partial charge in [-0.05, 0) is 57.9 Å². The van der Waals surface area contributed by atoms with Gasteiger partial charge in [0, 0.05) is 30.5 Å². The third-order valence-electron chi connectivity index (χ3n) is 5.96. The molecule has 2 heterocycles. The van der Waals surface area contributed by atoms with Crippen molar-refractivity contribution in [1.82, 2.24) is 15.2 Å². The number of likely N-dealkylation sites (tertiary alicyclic amines) is 1. The highest BCUT2D eigenvalue weighted by molar-refractivity contribution is 6.52. The van der Waals surface area contributed by atoms with Crippen LogP contribution in [0.3, 0.4) is 0 Å². The summed E-state index contributed by atoms with van der Waals surface area (Å²) in [5.41, 5.74) is -2.37. The van der Waals surface area contributed by atoms with E-state index in [1.807, 2.05) is 0 Å². The largest absolute Gasteiger partial charge is 0.340 e. The molecule has 0 unspecified atom stereocenters. The van der Waals surface area contributed by atoms with E-state index in [0.29, 0.717) is 0 Å². The quantitative estimate of drug-likeness (QED) is 0.623. The minimum absolute atomic E-state index is 0.0346. The molecule has 0 bridgehead atoms. The summed E-state index contributed by atoms with van der Waals surface area (Å²) >= 11 is 5.76. The van der Waals surface area contributed by atoms with Crippen molar-refractivity contribution in [2.45, 2.75) is 33.7 Å². The molecule has 35 heavy (non-hydrogen) atoms. The van der Waals surface area contributed by atoms with E-state index in [-0.39, 0.29) is 16.3 Å². The Balaban J connectivity index is 1.95.